The molecule has 0 saturated carbocycles. The Hall–Kier alpha value is -1.98. The van der Waals surface area contributed by atoms with E-state index in [0.717, 1.165) is 42.5 Å². The van der Waals surface area contributed by atoms with Crippen LogP contribution in [0.2, 0.25) is 0 Å². The van der Waals surface area contributed by atoms with E-state index in [1.807, 2.05) is 48.1 Å². The number of benzene rings is 2. The second kappa shape index (κ2) is 6.15. The van der Waals surface area contributed by atoms with Gasteiger partial charge in [0.25, 0.3) is 0 Å². The molecule has 2 aromatic heterocycles. The van der Waals surface area contributed by atoms with E-state index in [1.165, 1.54) is 0 Å². The van der Waals surface area contributed by atoms with Crippen molar-refractivity contribution in [2.75, 3.05) is 0 Å². The Balaban J connectivity index is 1.95. The van der Waals surface area contributed by atoms with Crippen LogP contribution in [0.5, 0.6) is 0 Å². The normalized spacial score (nSPS) is 11.1. The van der Waals surface area contributed by atoms with Crippen LogP contribution in [0.1, 0.15) is 5.69 Å². The summed E-state index contributed by atoms with van der Waals surface area (Å²) < 4.78 is 4.01. The van der Waals surface area contributed by atoms with Gasteiger partial charge in [-0.25, -0.2) is 9.67 Å². The van der Waals surface area contributed by atoms with Crippen molar-refractivity contribution in [2.24, 2.45) is 0 Å². The summed E-state index contributed by atoms with van der Waals surface area (Å²) in [5, 5.41) is 5.81. The number of rotatable bonds is 2. The molecule has 0 saturated heterocycles. The molecule has 0 bridgehead atoms. The summed E-state index contributed by atoms with van der Waals surface area (Å²) in [6.07, 6.45) is 1.84. The smallest absolute Gasteiger partial charge is 0.163 e. The fourth-order valence-electron chi connectivity index (χ4n) is 2.85. The van der Waals surface area contributed by atoms with Crippen LogP contribution in [-0.4, -0.2) is 14.8 Å². The van der Waals surface area contributed by atoms with Crippen molar-refractivity contribution >= 4 is 42.9 Å². The van der Waals surface area contributed by atoms with Gasteiger partial charge in [-0.05, 0) is 60.5 Å². The Labute approximate surface area is 156 Å². The van der Waals surface area contributed by atoms with E-state index in [1.54, 1.807) is 0 Å². The van der Waals surface area contributed by atoms with Gasteiger partial charge in [-0.3, -0.25) is 0 Å². The van der Waals surface area contributed by atoms with Gasteiger partial charge in [-0.1, -0.05) is 44.0 Å². The second-order valence-corrected chi connectivity index (χ2v) is 7.37. The van der Waals surface area contributed by atoms with Crippen LogP contribution in [0.3, 0.4) is 0 Å². The van der Waals surface area contributed by atoms with Crippen LogP contribution in [0.25, 0.3) is 27.8 Å². The maximum absolute atomic E-state index is 4.72. The van der Waals surface area contributed by atoms with E-state index in [0.29, 0.717) is 0 Å². The first-order valence-electron chi connectivity index (χ1n) is 7.50. The first-order chi connectivity index (χ1) is 11.6. The first-order valence-corrected chi connectivity index (χ1v) is 9.08. The summed E-state index contributed by atoms with van der Waals surface area (Å²) in [6.45, 7) is 2.03. The molecule has 2 aromatic carbocycles. The molecule has 0 fully saturated rings. The molecular weight excluding hydrogens is 430 g/mol. The lowest BCUT2D eigenvalue weighted by atomic mass is 10.0. The quantitative estimate of drug-likeness (QED) is 0.385. The molecular formula is C19H13Br2N3. The summed E-state index contributed by atoms with van der Waals surface area (Å²) >= 11 is 6.96. The van der Waals surface area contributed by atoms with Crippen molar-refractivity contribution < 1.29 is 0 Å². The minimum Gasteiger partial charge on any atom is -0.236 e. The third-order valence-electron chi connectivity index (χ3n) is 3.97. The van der Waals surface area contributed by atoms with E-state index in [-0.39, 0.29) is 0 Å². The Morgan fingerprint density at radius 3 is 2.12 bits per heavy atom. The minimum atomic E-state index is 0.871. The van der Waals surface area contributed by atoms with Crippen LogP contribution in [0.4, 0.5) is 0 Å². The Morgan fingerprint density at radius 1 is 0.833 bits per heavy atom. The molecule has 0 radical (unpaired) electrons. The number of pyridine rings is 1. The van der Waals surface area contributed by atoms with E-state index in [4.69, 9.17) is 5.10 Å². The number of hydrogen-bond donors (Lipinski definition) is 0. The second-order valence-electron chi connectivity index (χ2n) is 5.54. The lowest BCUT2D eigenvalue weighted by molar-refractivity contribution is 0.877. The van der Waals surface area contributed by atoms with Gasteiger partial charge in [-0.15, -0.1) is 0 Å². The highest BCUT2D eigenvalue weighted by atomic mass is 79.9. The van der Waals surface area contributed by atoms with Gasteiger partial charge in [0.15, 0.2) is 5.65 Å². The predicted molar refractivity (Wildman–Crippen MR) is 104 cm³/mol. The van der Waals surface area contributed by atoms with Crippen molar-refractivity contribution in [3.05, 3.63) is 75.4 Å². The van der Waals surface area contributed by atoms with E-state index in [2.05, 4.69) is 61.1 Å². The van der Waals surface area contributed by atoms with Crippen molar-refractivity contribution in [1.82, 2.24) is 14.8 Å². The molecule has 0 unspecified atom stereocenters. The molecule has 5 heteroatoms. The summed E-state index contributed by atoms with van der Waals surface area (Å²) in [5.41, 5.74) is 5.14. The summed E-state index contributed by atoms with van der Waals surface area (Å²) in [5.74, 6) is 0. The molecule has 3 nitrogen and oxygen atoms in total. The van der Waals surface area contributed by atoms with Crippen LogP contribution < -0.4 is 0 Å². The van der Waals surface area contributed by atoms with Crippen LogP contribution in [0.15, 0.2) is 69.7 Å². The molecule has 0 spiro atoms. The van der Waals surface area contributed by atoms with Gasteiger partial charge >= 0.3 is 0 Å². The van der Waals surface area contributed by atoms with Crippen LogP contribution >= 0.6 is 31.9 Å². The maximum atomic E-state index is 4.72. The minimum absolute atomic E-state index is 0.871. The molecule has 0 atom stereocenters. The Morgan fingerprint density at radius 2 is 1.46 bits per heavy atom. The summed E-state index contributed by atoms with van der Waals surface area (Å²) in [6, 6.07) is 18.4. The number of aromatic nitrogens is 3. The molecule has 0 aliphatic carbocycles. The summed E-state index contributed by atoms with van der Waals surface area (Å²) in [7, 11) is 0. The monoisotopic (exact) mass is 441 g/mol. The van der Waals surface area contributed by atoms with Crippen molar-refractivity contribution in [1.29, 1.82) is 0 Å². The van der Waals surface area contributed by atoms with Gasteiger partial charge < -0.3 is 0 Å². The van der Waals surface area contributed by atoms with E-state index >= 15 is 0 Å². The average molecular weight is 443 g/mol. The van der Waals surface area contributed by atoms with Gasteiger partial charge in [-0.2, -0.15) is 5.10 Å². The third-order valence-corrected chi connectivity index (χ3v) is 5.03. The zero-order chi connectivity index (χ0) is 16.7. The van der Waals surface area contributed by atoms with Crippen molar-refractivity contribution in [3.8, 4) is 16.8 Å². The highest BCUT2D eigenvalue weighted by Crippen LogP contribution is 2.31. The molecule has 2 heterocycles. The average Bonchev–Trinajstić information content (AvgIpc) is 2.94. The van der Waals surface area contributed by atoms with Crippen molar-refractivity contribution in [2.45, 2.75) is 6.92 Å². The third kappa shape index (κ3) is 2.68. The SMILES string of the molecule is Cc1nn(-c2ccc(Br)cc2)c2nccc(-c3ccc(Br)cc3)c12. The molecule has 0 aliphatic rings. The Bertz CT molecular complexity index is 1020. The predicted octanol–water partition coefficient (Wildman–Crippen LogP) is 5.92. The summed E-state index contributed by atoms with van der Waals surface area (Å²) in [4.78, 5) is 4.58. The highest BCUT2D eigenvalue weighted by Gasteiger charge is 2.15. The fourth-order valence-corrected chi connectivity index (χ4v) is 3.38. The molecule has 0 aliphatic heterocycles. The van der Waals surface area contributed by atoms with Gasteiger partial charge in [0.1, 0.15) is 0 Å². The molecule has 118 valence electrons. The number of nitrogens with zero attached hydrogens (tertiary/aromatic N) is 3. The molecule has 0 amide bonds. The topological polar surface area (TPSA) is 30.7 Å². The van der Waals surface area contributed by atoms with Gasteiger partial charge in [0, 0.05) is 15.1 Å². The number of halogens is 2. The highest BCUT2D eigenvalue weighted by molar-refractivity contribution is 9.10. The lowest BCUT2D eigenvalue weighted by Gasteiger charge is -2.06. The lowest BCUT2D eigenvalue weighted by Crippen LogP contribution is -1.97. The van der Waals surface area contributed by atoms with E-state index < -0.39 is 0 Å². The Kier molecular flexibility index (Phi) is 3.98. The van der Waals surface area contributed by atoms with Gasteiger partial charge in [0.05, 0.1) is 16.8 Å². The van der Waals surface area contributed by atoms with Crippen LogP contribution in [0, 0.1) is 6.92 Å². The molecule has 4 rings (SSSR count). The van der Waals surface area contributed by atoms with E-state index in [9.17, 15) is 0 Å². The number of fused-ring (bicyclic) bond motifs is 1. The largest absolute Gasteiger partial charge is 0.236 e. The molecule has 24 heavy (non-hydrogen) atoms. The maximum Gasteiger partial charge on any atom is 0.163 e. The van der Waals surface area contributed by atoms with Crippen molar-refractivity contribution in [3.63, 3.8) is 0 Å². The number of hydrogen-bond acceptors (Lipinski definition) is 2. The number of aryl methyl sites for hydroxylation is 1. The molecule has 4 aromatic rings. The zero-order valence-corrected chi connectivity index (χ0v) is 16.0. The zero-order valence-electron chi connectivity index (χ0n) is 12.9. The van der Waals surface area contributed by atoms with Crippen LogP contribution in [-0.2, 0) is 0 Å². The molecule has 0 N–H and O–H groups in total. The fraction of sp³-hybridized carbons (Fsp3) is 0.0526. The standard InChI is InChI=1S/C19H13Br2N3/c1-12-18-17(13-2-4-14(20)5-3-13)10-11-22-19(18)24(23-12)16-8-6-15(21)7-9-16/h2-11H,1H3. The first kappa shape index (κ1) is 15.5. The van der Waals surface area contributed by atoms with Gasteiger partial charge in [0.2, 0.25) is 0 Å².